The van der Waals surface area contributed by atoms with E-state index in [0.717, 1.165) is 4.57 Å². The highest BCUT2D eigenvalue weighted by atomic mass is 35.5. The van der Waals surface area contributed by atoms with Crippen LogP contribution in [0.3, 0.4) is 0 Å². The molecule has 3 aromatic rings. The molecule has 10 heteroatoms. The number of rotatable bonds is 3. The fourth-order valence-electron chi connectivity index (χ4n) is 2.71. The monoisotopic (exact) mass is 393 g/mol. The maximum Gasteiger partial charge on any atom is 0.419 e. The third kappa shape index (κ3) is 2.95. The summed E-state index contributed by atoms with van der Waals surface area (Å²) in [7, 11) is 2.42. The molecule has 0 radical (unpaired) electrons. The number of hydrogen-bond donors (Lipinski definition) is 1. The molecule has 0 fully saturated rings. The van der Waals surface area contributed by atoms with Crippen LogP contribution in [-0.2, 0) is 4.74 Å². The summed E-state index contributed by atoms with van der Waals surface area (Å²) in [5.74, 6) is -2.67. The zero-order valence-corrected chi connectivity index (χ0v) is 15.2. The molecule has 8 nitrogen and oxygen atoms in total. The number of aryl methyl sites for hydroxylation is 1. The summed E-state index contributed by atoms with van der Waals surface area (Å²) in [4.78, 5) is 31.9. The quantitative estimate of drug-likeness (QED) is 0.725. The van der Waals surface area contributed by atoms with E-state index >= 15 is 0 Å². The number of carboxylic acid groups (broad SMARTS) is 1. The lowest BCUT2D eigenvalue weighted by Gasteiger charge is -2.10. The molecule has 0 bridgehead atoms. The molecule has 0 aliphatic rings. The third-order valence-electron chi connectivity index (χ3n) is 3.90. The highest BCUT2D eigenvalue weighted by Gasteiger charge is 2.24. The van der Waals surface area contributed by atoms with Crippen LogP contribution in [0, 0.1) is 12.7 Å². The Hall–Kier alpha value is -3.20. The topological polar surface area (TPSA) is 104 Å². The van der Waals surface area contributed by atoms with Gasteiger partial charge in [0.1, 0.15) is 0 Å². The Balaban J connectivity index is 2.39. The van der Waals surface area contributed by atoms with Crippen LogP contribution in [0.15, 0.2) is 18.3 Å². The molecule has 0 amide bonds. The lowest BCUT2D eigenvalue weighted by molar-refractivity contribution is 0.0692. The first kappa shape index (κ1) is 18.6. The van der Waals surface area contributed by atoms with Crippen LogP contribution in [0.2, 0.25) is 5.02 Å². The lowest BCUT2D eigenvalue weighted by Crippen LogP contribution is -2.12. The Morgan fingerprint density at radius 1 is 1.26 bits per heavy atom. The van der Waals surface area contributed by atoms with Gasteiger partial charge in [-0.3, -0.25) is 0 Å². The summed E-state index contributed by atoms with van der Waals surface area (Å²) < 4.78 is 25.4. The fourth-order valence-corrected chi connectivity index (χ4v) is 2.93. The predicted molar refractivity (Wildman–Crippen MR) is 94.0 cm³/mol. The van der Waals surface area contributed by atoms with Crippen LogP contribution in [0.4, 0.5) is 9.18 Å². The van der Waals surface area contributed by atoms with E-state index in [9.17, 15) is 19.1 Å². The largest absolute Gasteiger partial charge is 0.492 e. The van der Waals surface area contributed by atoms with Crippen molar-refractivity contribution in [1.82, 2.24) is 14.5 Å². The van der Waals surface area contributed by atoms with E-state index in [4.69, 9.17) is 16.3 Å². The Labute approximate surface area is 157 Å². The van der Waals surface area contributed by atoms with Gasteiger partial charge in [0.05, 0.1) is 30.2 Å². The average molecular weight is 394 g/mol. The van der Waals surface area contributed by atoms with Gasteiger partial charge in [-0.05, 0) is 24.6 Å². The van der Waals surface area contributed by atoms with Gasteiger partial charge in [-0.25, -0.2) is 28.5 Å². The zero-order valence-electron chi connectivity index (χ0n) is 14.4. The number of carboxylic acids is 1. The Morgan fingerprint density at radius 3 is 2.56 bits per heavy atom. The van der Waals surface area contributed by atoms with Crippen molar-refractivity contribution in [1.29, 1.82) is 0 Å². The summed E-state index contributed by atoms with van der Waals surface area (Å²) in [6, 6.07) is 2.67. The van der Waals surface area contributed by atoms with Gasteiger partial charge in [0.2, 0.25) is 0 Å². The molecule has 2 aromatic heterocycles. The van der Waals surface area contributed by atoms with Crippen LogP contribution in [0.25, 0.3) is 22.4 Å². The van der Waals surface area contributed by atoms with Crippen LogP contribution in [0.5, 0.6) is 5.75 Å². The van der Waals surface area contributed by atoms with E-state index < -0.39 is 17.9 Å². The summed E-state index contributed by atoms with van der Waals surface area (Å²) in [5, 5.41) is 9.73. The molecule has 0 unspecified atom stereocenters. The van der Waals surface area contributed by atoms with Gasteiger partial charge in [-0.15, -0.1) is 0 Å². The van der Waals surface area contributed by atoms with Crippen molar-refractivity contribution in [3.05, 3.63) is 40.4 Å². The second kappa shape index (κ2) is 6.84. The molecular formula is C17H13ClFN3O5. The van der Waals surface area contributed by atoms with Gasteiger partial charge in [0.25, 0.3) is 0 Å². The van der Waals surface area contributed by atoms with Crippen LogP contribution < -0.4 is 4.74 Å². The van der Waals surface area contributed by atoms with Crippen molar-refractivity contribution in [3.8, 4) is 17.1 Å². The first-order valence-electron chi connectivity index (χ1n) is 7.53. The van der Waals surface area contributed by atoms with Gasteiger partial charge in [0, 0.05) is 6.20 Å². The number of hydrogen-bond acceptors (Lipinski definition) is 6. The van der Waals surface area contributed by atoms with Crippen LogP contribution in [0.1, 0.15) is 16.1 Å². The molecule has 0 atom stereocenters. The second-order valence-electron chi connectivity index (χ2n) is 5.49. The number of nitrogens with zero attached hydrogens (tertiary/aromatic N) is 3. The Morgan fingerprint density at radius 2 is 1.96 bits per heavy atom. The Bertz CT molecular complexity index is 1100. The van der Waals surface area contributed by atoms with Crippen LogP contribution in [-0.4, -0.2) is 45.9 Å². The van der Waals surface area contributed by atoms with E-state index in [-0.39, 0.29) is 38.9 Å². The highest BCUT2D eigenvalue weighted by molar-refractivity contribution is 6.32. The molecule has 2 heterocycles. The molecular weight excluding hydrogens is 381 g/mol. The van der Waals surface area contributed by atoms with Gasteiger partial charge >= 0.3 is 12.1 Å². The summed E-state index contributed by atoms with van der Waals surface area (Å²) in [6.45, 7) is 1.60. The number of fused-ring (bicyclic) bond motifs is 1. The number of halogens is 2. The van der Waals surface area contributed by atoms with Gasteiger partial charge in [0.15, 0.2) is 28.7 Å². The Kier molecular flexibility index (Phi) is 4.71. The first-order valence-corrected chi connectivity index (χ1v) is 7.91. The van der Waals surface area contributed by atoms with Gasteiger partial charge in [-0.1, -0.05) is 11.6 Å². The van der Waals surface area contributed by atoms with Gasteiger partial charge < -0.3 is 14.6 Å². The van der Waals surface area contributed by atoms with E-state index in [1.807, 2.05) is 0 Å². The third-order valence-corrected chi connectivity index (χ3v) is 4.20. The summed E-state index contributed by atoms with van der Waals surface area (Å²) >= 11 is 5.89. The number of aromatic carboxylic acids is 1. The highest BCUT2D eigenvalue weighted by Crippen LogP contribution is 2.35. The molecule has 140 valence electrons. The number of aromatic nitrogens is 3. The van der Waals surface area contributed by atoms with E-state index in [2.05, 4.69) is 14.7 Å². The predicted octanol–water partition coefficient (Wildman–Crippen LogP) is 3.52. The van der Waals surface area contributed by atoms with Crippen molar-refractivity contribution in [2.75, 3.05) is 14.2 Å². The van der Waals surface area contributed by atoms with E-state index in [1.165, 1.54) is 32.5 Å². The number of carbonyl (C=O) groups is 2. The molecule has 0 saturated carbocycles. The average Bonchev–Trinajstić information content (AvgIpc) is 2.97. The molecule has 0 saturated heterocycles. The fraction of sp³-hybridized carbons (Fsp3) is 0.176. The van der Waals surface area contributed by atoms with Crippen molar-refractivity contribution in [3.63, 3.8) is 0 Å². The number of ether oxygens (including phenoxy) is 2. The lowest BCUT2D eigenvalue weighted by atomic mass is 10.1. The maximum atomic E-state index is 14.7. The summed E-state index contributed by atoms with van der Waals surface area (Å²) in [5.41, 5.74) is -0.0667. The number of methoxy groups -OCH3 is 2. The van der Waals surface area contributed by atoms with Crippen molar-refractivity contribution in [2.45, 2.75) is 6.92 Å². The molecule has 0 spiro atoms. The molecule has 1 N–H and O–H groups in total. The van der Waals surface area contributed by atoms with Crippen molar-refractivity contribution >= 4 is 34.7 Å². The summed E-state index contributed by atoms with van der Waals surface area (Å²) in [6.07, 6.45) is 0.600. The van der Waals surface area contributed by atoms with E-state index in [0.29, 0.717) is 5.56 Å². The minimum atomic E-state index is -1.35. The second-order valence-corrected chi connectivity index (χ2v) is 5.90. The maximum absolute atomic E-state index is 14.7. The van der Waals surface area contributed by atoms with Crippen molar-refractivity contribution in [2.24, 2.45) is 0 Å². The number of carbonyl (C=O) groups excluding carboxylic acids is 1. The molecule has 3 rings (SSSR count). The molecule has 27 heavy (non-hydrogen) atoms. The van der Waals surface area contributed by atoms with E-state index in [1.54, 1.807) is 6.92 Å². The molecule has 1 aromatic carbocycles. The smallest absolute Gasteiger partial charge is 0.419 e. The number of benzene rings is 1. The standard InChI is InChI=1S/C17H13ClFN3O5/c1-7-6-22(17(25)27-3)15-10(7)12(16(23)24)20-14(21-15)8-4-5-9(18)13(26-2)11(8)19/h4-6H,1-3H3,(H,23,24). The van der Waals surface area contributed by atoms with Crippen molar-refractivity contribution < 1.29 is 28.6 Å². The minimum Gasteiger partial charge on any atom is -0.492 e. The van der Waals surface area contributed by atoms with Crippen LogP contribution >= 0.6 is 11.6 Å². The zero-order chi connectivity index (χ0) is 19.9. The van der Waals surface area contributed by atoms with Gasteiger partial charge in [-0.2, -0.15) is 0 Å². The molecule has 0 aliphatic carbocycles. The normalized spacial score (nSPS) is 10.9. The SMILES string of the molecule is COC(=O)n1cc(C)c2c(C(=O)O)nc(-c3ccc(Cl)c(OC)c3F)nc21. The first-order chi connectivity index (χ1) is 12.8. The minimum absolute atomic E-state index is 0.0185. The molecule has 0 aliphatic heterocycles.